The molecule has 3 aromatic rings. The number of imidazole rings is 1. The van der Waals surface area contributed by atoms with E-state index in [0.717, 1.165) is 41.1 Å². The quantitative estimate of drug-likeness (QED) is 0.680. The number of anilines is 3. The van der Waals surface area contributed by atoms with Crippen LogP contribution in [-0.2, 0) is 11.2 Å². The van der Waals surface area contributed by atoms with Crippen molar-refractivity contribution in [2.45, 2.75) is 13.3 Å². The van der Waals surface area contributed by atoms with Gasteiger partial charge in [0.05, 0.1) is 11.0 Å². The fraction of sp³-hybridized carbons (Fsp3) is 0.176. The Kier molecular flexibility index (Phi) is 2.97. The van der Waals surface area contributed by atoms with Crippen LogP contribution in [0.5, 0.6) is 0 Å². The molecule has 116 valence electrons. The van der Waals surface area contributed by atoms with Crippen molar-refractivity contribution in [3.63, 3.8) is 0 Å². The van der Waals surface area contributed by atoms with Crippen LogP contribution in [0.15, 0.2) is 41.2 Å². The molecule has 0 bridgehead atoms. The van der Waals surface area contributed by atoms with E-state index in [2.05, 4.69) is 20.2 Å². The summed E-state index contributed by atoms with van der Waals surface area (Å²) in [5, 5.41) is 2.81. The Morgan fingerprint density at radius 1 is 1.13 bits per heavy atom. The Morgan fingerprint density at radius 3 is 2.78 bits per heavy atom. The molecule has 1 aliphatic heterocycles. The van der Waals surface area contributed by atoms with Crippen molar-refractivity contribution in [3.8, 4) is 0 Å². The van der Waals surface area contributed by atoms with Gasteiger partial charge in [-0.25, -0.2) is 4.79 Å². The van der Waals surface area contributed by atoms with Crippen molar-refractivity contribution in [1.82, 2.24) is 9.97 Å². The Balaban J connectivity index is 1.71. The molecule has 1 aliphatic rings. The number of hydrogen-bond donors (Lipinski definition) is 3. The lowest BCUT2D eigenvalue weighted by atomic mass is 10.1. The zero-order chi connectivity index (χ0) is 16.0. The van der Waals surface area contributed by atoms with Crippen LogP contribution >= 0.6 is 0 Å². The molecule has 23 heavy (non-hydrogen) atoms. The molecule has 0 spiro atoms. The lowest BCUT2D eigenvalue weighted by Gasteiger charge is -2.20. The molecular weight excluding hydrogens is 292 g/mol. The maximum absolute atomic E-state index is 11.4. The molecule has 2 heterocycles. The molecule has 0 saturated heterocycles. The first-order chi connectivity index (χ1) is 11.1. The molecule has 4 rings (SSSR count). The van der Waals surface area contributed by atoms with Crippen molar-refractivity contribution in [3.05, 3.63) is 52.4 Å². The number of carbonyl (C=O) groups is 1. The molecule has 0 aliphatic carbocycles. The highest BCUT2D eigenvalue weighted by atomic mass is 16.1. The van der Waals surface area contributed by atoms with Gasteiger partial charge in [0.15, 0.2) is 0 Å². The molecule has 0 fully saturated rings. The highest BCUT2D eigenvalue weighted by Crippen LogP contribution is 2.36. The van der Waals surface area contributed by atoms with Gasteiger partial charge in [-0.05, 0) is 48.4 Å². The number of H-pyrrole nitrogens is 2. The fourth-order valence-electron chi connectivity index (χ4n) is 3.14. The smallest absolute Gasteiger partial charge is 0.323 e. The van der Waals surface area contributed by atoms with Crippen LogP contribution in [0.1, 0.15) is 12.5 Å². The molecule has 0 saturated carbocycles. The molecule has 0 unspecified atom stereocenters. The van der Waals surface area contributed by atoms with Crippen LogP contribution in [0, 0.1) is 0 Å². The number of nitrogens with zero attached hydrogens (tertiary/aromatic N) is 1. The van der Waals surface area contributed by atoms with Crippen LogP contribution in [0.25, 0.3) is 11.0 Å². The SMILES string of the molecule is CC(=O)Nc1ccc2c(c1)CCN2c1ccc2[nH]c(=O)[nH]c2c1. The summed E-state index contributed by atoms with van der Waals surface area (Å²) in [6.07, 6.45) is 0.921. The topological polar surface area (TPSA) is 81.0 Å². The molecule has 6 nitrogen and oxygen atoms in total. The third kappa shape index (κ3) is 2.38. The molecule has 1 aromatic heterocycles. The number of hydrogen-bond acceptors (Lipinski definition) is 3. The zero-order valence-corrected chi connectivity index (χ0v) is 12.6. The van der Waals surface area contributed by atoms with E-state index >= 15 is 0 Å². The van der Waals surface area contributed by atoms with Gasteiger partial charge in [-0.2, -0.15) is 0 Å². The number of carbonyl (C=O) groups excluding carboxylic acids is 1. The average molecular weight is 308 g/mol. The summed E-state index contributed by atoms with van der Waals surface area (Å²) < 4.78 is 0. The van der Waals surface area contributed by atoms with Gasteiger partial charge >= 0.3 is 5.69 Å². The predicted octanol–water partition coefficient (Wildman–Crippen LogP) is 2.51. The number of aromatic amines is 2. The van der Waals surface area contributed by atoms with E-state index in [1.54, 1.807) is 0 Å². The molecule has 3 N–H and O–H groups in total. The van der Waals surface area contributed by atoms with Gasteiger partial charge in [0, 0.05) is 30.5 Å². The first-order valence-corrected chi connectivity index (χ1v) is 7.50. The number of amides is 1. The van der Waals surface area contributed by atoms with E-state index in [-0.39, 0.29) is 11.6 Å². The Morgan fingerprint density at radius 2 is 1.96 bits per heavy atom. The van der Waals surface area contributed by atoms with Crippen molar-refractivity contribution in [2.75, 3.05) is 16.8 Å². The second-order valence-corrected chi connectivity index (χ2v) is 5.74. The summed E-state index contributed by atoms with van der Waals surface area (Å²) in [4.78, 5) is 30.3. The summed E-state index contributed by atoms with van der Waals surface area (Å²) in [5.41, 5.74) is 5.62. The van der Waals surface area contributed by atoms with Gasteiger partial charge in [-0.15, -0.1) is 0 Å². The summed E-state index contributed by atoms with van der Waals surface area (Å²) >= 11 is 0. The molecular formula is C17H16N4O2. The minimum Gasteiger partial charge on any atom is -0.341 e. The lowest BCUT2D eigenvalue weighted by molar-refractivity contribution is -0.114. The lowest BCUT2D eigenvalue weighted by Crippen LogP contribution is -2.13. The maximum Gasteiger partial charge on any atom is 0.323 e. The van der Waals surface area contributed by atoms with Crippen LogP contribution in [0.4, 0.5) is 17.1 Å². The fourth-order valence-corrected chi connectivity index (χ4v) is 3.14. The minimum atomic E-state index is -0.195. The van der Waals surface area contributed by atoms with E-state index < -0.39 is 0 Å². The highest BCUT2D eigenvalue weighted by Gasteiger charge is 2.21. The van der Waals surface area contributed by atoms with Crippen molar-refractivity contribution >= 4 is 34.0 Å². The van der Waals surface area contributed by atoms with Crippen LogP contribution in [0.2, 0.25) is 0 Å². The Labute approximate surface area is 132 Å². The van der Waals surface area contributed by atoms with E-state index in [4.69, 9.17) is 0 Å². The minimum absolute atomic E-state index is 0.0679. The first kappa shape index (κ1) is 13.6. The van der Waals surface area contributed by atoms with Gasteiger partial charge in [-0.1, -0.05) is 0 Å². The Bertz CT molecular complexity index is 970. The van der Waals surface area contributed by atoms with Crippen LogP contribution < -0.4 is 15.9 Å². The number of aromatic nitrogens is 2. The van der Waals surface area contributed by atoms with Crippen molar-refractivity contribution in [1.29, 1.82) is 0 Å². The molecule has 6 heteroatoms. The number of fused-ring (bicyclic) bond motifs is 2. The Hall–Kier alpha value is -3.02. The highest BCUT2D eigenvalue weighted by molar-refractivity contribution is 5.89. The summed E-state index contributed by atoms with van der Waals surface area (Å²) in [7, 11) is 0. The van der Waals surface area contributed by atoms with Crippen molar-refractivity contribution in [2.24, 2.45) is 0 Å². The largest absolute Gasteiger partial charge is 0.341 e. The zero-order valence-electron chi connectivity index (χ0n) is 12.6. The summed E-state index contributed by atoms with van der Waals surface area (Å²) in [6, 6.07) is 11.8. The second kappa shape index (κ2) is 5.01. The van der Waals surface area contributed by atoms with Gasteiger partial charge in [0.2, 0.25) is 5.91 Å². The summed E-state index contributed by atoms with van der Waals surface area (Å²) in [5.74, 6) is -0.0679. The monoisotopic (exact) mass is 308 g/mol. The van der Waals surface area contributed by atoms with Gasteiger partial charge in [-0.3, -0.25) is 4.79 Å². The normalized spacial score (nSPS) is 13.3. The number of rotatable bonds is 2. The van der Waals surface area contributed by atoms with Crippen molar-refractivity contribution < 1.29 is 4.79 Å². The standard InChI is InChI=1S/C17H16N4O2/c1-10(22)18-12-2-5-16-11(8-12)6-7-21(16)13-3-4-14-15(9-13)20-17(23)19-14/h2-5,8-9H,6-7H2,1H3,(H,18,22)(H2,19,20,23). The second-order valence-electron chi connectivity index (χ2n) is 5.74. The van der Waals surface area contributed by atoms with Crippen LogP contribution in [0.3, 0.4) is 0 Å². The van der Waals surface area contributed by atoms with Gasteiger partial charge in [0.25, 0.3) is 0 Å². The molecule has 1 amide bonds. The third-order valence-electron chi connectivity index (χ3n) is 4.11. The molecule has 0 radical (unpaired) electrons. The van der Waals surface area contributed by atoms with E-state index in [9.17, 15) is 9.59 Å². The van der Waals surface area contributed by atoms with Gasteiger partial charge < -0.3 is 20.2 Å². The number of benzene rings is 2. The maximum atomic E-state index is 11.4. The average Bonchev–Trinajstić information content (AvgIpc) is 3.07. The summed E-state index contributed by atoms with van der Waals surface area (Å²) in [6.45, 7) is 2.38. The van der Waals surface area contributed by atoms with Gasteiger partial charge in [0.1, 0.15) is 0 Å². The van der Waals surface area contributed by atoms with E-state index in [1.165, 1.54) is 12.5 Å². The van der Waals surface area contributed by atoms with Crippen LogP contribution in [-0.4, -0.2) is 22.4 Å². The number of nitrogens with one attached hydrogen (secondary N) is 3. The molecule has 0 atom stereocenters. The molecule has 2 aromatic carbocycles. The van der Waals surface area contributed by atoms with E-state index in [1.807, 2.05) is 36.4 Å². The third-order valence-corrected chi connectivity index (χ3v) is 4.11. The first-order valence-electron chi connectivity index (χ1n) is 7.50. The predicted molar refractivity (Wildman–Crippen MR) is 90.4 cm³/mol. The van der Waals surface area contributed by atoms with E-state index in [0.29, 0.717) is 0 Å².